The number of ether oxygens (including phenoxy) is 1. The summed E-state index contributed by atoms with van der Waals surface area (Å²) in [5, 5.41) is 1.07. The second kappa shape index (κ2) is 8.16. The highest BCUT2D eigenvalue weighted by atomic mass is 32.2. The third-order valence-corrected chi connectivity index (χ3v) is 7.00. The number of anilines is 1. The van der Waals surface area contributed by atoms with Crippen LogP contribution in [0.5, 0.6) is 5.75 Å². The molecule has 0 amide bonds. The number of hydrogen-bond donors (Lipinski definition) is 1. The predicted octanol–water partition coefficient (Wildman–Crippen LogP) is 5.17. The lowest BCUT2D eigenvalue weighted by molar-refractivity contribution is -0.0429. The summed E-state index contributed by atoms with van der Waals surface area (Å²) in [6, 6.07) is 11.3. The van der Waals surface area contributed by atoms with Crippen LogP contribution in [0.4, 0.5) is 18.9 Å². The fraction of sp³-hybridized carbons (Fsp3) is 0.286. The third-order valence-electron chi connectivity index (χ3n) is 4.97. The Labute approximate surface area is 182 Å². The number of halogens is 3. The van der Waals surface area contributed by atoms with E-state index < -0.39 is 15.5 Å². The van der Waals surface area contributed by atoms with E-state index in [0.717, 1.165) is 28.3 Å². The Morgan fingerprint density at radius 3 is 2.71 bits per heavy atom. The van der Waals surface area contributed by atoms with Gasteiger partial charge >= 0.3 is 15.5 Å². The van der Waals surface area contributed by atoms with E-state index in [-0.39, 0.29) is 11.6 Å². The van der Waals surface area contributed by atoms with Gasteiger partial charge in [-0.25, -0.2) is 4.98 Å². The standard InChI is InChI=1S/C21H19F3N2O3S2/c1-13-11-25-20(30-13)9-14-8-16-7-6-15(10-19(16)29-12-14)17-4-2-3-5-18(17)26-31(27,28)21(22,23)24/h2-7,10-11,14,26H,8-9,12H2,1H3. The molecule has 1 N–H and O–H groups in total. The quantitative estimate of drug-likeness (QED) is 0.561. The molecule has 0 spiro atoms. The summed E-state index contributed by atoms with van der Waals surface area (Å²) in [6.45, 7) is 2.53. The van der Waals surface area contributed by atoms with E-state index in [0.29, 0.717) is 23.5 Å². The molecule has 1 aliphatic rings. The SMILES string of the molecule is Cc1cnc(CC2COc3cc(-c4ccccc4NS(=O)(=O)C(F)(F)F)ccc3C2)s1. The van der Waals surface area contributed by atoms with Crippen molar-refractivity contribution in [2.24, 2.45) is 5.92 Å². The number of sulfonamides is 1. The topological polar surface area (TPSA) is 68.3 Å². The van der Waals surface area contributed by atoms with Crippen molar-refractivity contribution >= 4 is 27.0 Å². The van der Waals surface area contributed by atoms with Crippen LogP contribution in [0.1, 0.15) is 15.4 Å². The van der Waals surface area contributed by atoms with Crippen molar-refractivity contribution in [3.8, 4) is 16.9 Å². The Balaban J connectivity index is 1.57. The monoisotopic (exact) mass is 468 g/mol. The van der Waals surface area contributed by atoms with Crippen molar-refractivity contribution in [3.05, 3.63) is 64.1 Å². The number of rotatable bonds is 5. The van der Waals surface area contributed by atoms with Gasteiger partial charge in [-0.05, 0) is 36.6 Å². The van der Waals surface area contributed by atoms with E-state index >= 15 is 0 Å². The van der Waals surface area contributed by atoms with Crippen LogP contribution in [0.2, 0.25) is 0 Å². The molecule has 3 aromatic rings. The third kappa shape index (κ3) is 4.69. The summed E-state index contributed by atoms with van der Waals surface area (Å²) in [6.07, 6.45) is 3.48. The summed E-state index contributed by atoms with van der Waals surface area (Å²) in [4.78, 5) is 5.57. The summed E-state index contributed by atoms with van der Waals surface area (Å²) in [5.41, 5.74) is -3.64. The molecule has 164 valence electrons. The molecule has 4 rings (SSSR count). The summed E-state index contributed by atoms with van der Waals surface area (Å²) < 4.78 is 69.1. The van der Waals surface area contributed by atoms with Crippen LogP contribution in [0.25, 0.3) is 11.1 Å². The van der Waals surface area contributed by atoms with Crippen LogP contribution in [0, 0.1) is 12.8 Å². The van der Waals surface area contributed by atoms with Gasteiger partial charge in [0.05, 0.1) is 17.3 Å². The Morgan fingerprint density at radius 1 is 1.23 bits per heavy atom. The Morgan fingerprint density at radius 2 is 2.00 bits per heavy atom. The van der Waals surface area contributed by atoms with E-state index in [4.69, 9.17) is 4.74 Å². The van der Waals surface area contributed by atoms with E-state index in [2.05, 4.69) is 4.98 Å². The minimum Gasteiger partial charge on any atom is -0.493 e. The molecule has 10 heteroatoms. The molecular weight excluding hydrogens is 449 g/mol. The fourth-order valence-electron chi connectivity index (χ4n) is 3.50. The number of para-hydroxylation sites is 1. The number of hydrogen-bond acceptors (Lipinski definition) is 5. The van der Waals surface area contributed by atoms with Crippen LogP contribution in [0.15, 0.2) is 48.7 Å². The molecule has 0 radical (unpaired) electrons. The van der Waals surface area contributed by atoms with Crippen molar-refractivity contribution < 1.29 is 26.3 Å². The minimum absolute atomic E-state index is 0.146. The average Bonchev–Trinajstić information content (AvgIpc) is 3.11. The molecule has 0 saturated carbocycles. The molecule has 1 atom stereocenters. The van der Waals surface area contributed by atoms with Crippen molar-refractivity contribution in [1.29, 1.82) is 0 Å². The highest BCUT2D eigenvalue weighted by molar-refractivity contribution is 7.93. The summed E-state index contributed by atoms with van der Waals surface area (Å²) >= 11 is 1.67. The number of aryl methyl sites for hydroxylation is 1. The lowest BCUT2D eigenvalue weighted by atomic mass is 9.92. The van der Waals surface area contributed by atoms with Gasteiger partial charge in [0.15, 0.2) is 0 Å². The van der Waals surface area contributed by atoms with Crippen LogP contribution in [0.3, 0.4) is 0 Å². The Hall–Kier alpha value is -2.59. The molecule has 2 heterocycles. The summed E-state index contributed by atoms with van der Waals surface area (Å²) in [5.74, 6) is 0.937. The Bertz CT molecular complexity index is 1210. The molecule has 0 saturated heterocycles. The molecule has 1 aromatic heterocycles. The number of nitrogens with one attached hydrogen (secondary N) is 1. The van der Waals surface area contributed by atoms with Crippen molar-refractivity contribution in [2.75, 3.05) is 11.3 Å². The molecule has 1 aliphatic heterocycles. The zero-order valence-corrected chi connectivity index (χ0v) is 18.1. The first kappa shape index (κ1) is 21.6. The van der Waals surface area contributed by atoms with Crippen LogP contribution >= 0.6 is 11.3 Å². The number of thiazole rings is 1. The molecule has 0 fully saturated rings. The van der Waals surface area contributed by atoms with E-state index in [1.54, 1.807) is 40.3 Å². The van der Waals surface area contributed by atoms with Crippen molar-refractivity contribution in [3.63, 3.8) is 0 Å². The molecule has 0 aliphatic carbocycles. The van der Waals surface area contributed by atoms with Gasteiger partial charge in [0.1, 0.15) is 5.75 Å². The minimum atomic E-state index is -5.52. The van der Waals surface area contributed by atoms with Gasteiger partial charge in [0.2, 0.25) is 0 Å². The number of aromatic nitrogens is 1. The smallest absolute Gasteiger partial charge is 0.493 e. The van der Waals surface area contributed by atoms with Gasteiger partial charge in [-0.1, -0.05) is 30.3 Å². The molecule has 0 bridgehead atoms. The Kier molecular flexibility index (Phi) is 5.69. The van der Waals surface area contributed by atoms with Gasteiger partial charge < -0.3 is 4.74 Å². The largest absolute Gasteiger partial charge is 0.516 e. The van der Waals surface area contributed by atoms with Crippen molar-refractivity contribution in [1.82, 2.24) is 4.98 Å². The number of benzene rings is 2. The van der Waals surface area contributed by atoms with E-state index in [9.17, 15) is 21.6 Å². The zero-order valence-electron chi connectivity index (χ0n) is 16.4. The number of alkyl halides is 3. The maximum absolute atomic E-state index is 12.8. The maximum atomic E-state index is 12.8. The lowest BCUT2D eigenvalue weighted by Crippen LogP contribution is -2.30. The second-order valence-electron chi connectivity index (χ2n) is 7.37. The fourth-order valence-corrected chi connectivity index (χ4v) is 4.99. The first-order valence-corrected chi connectivity index (χ1v) is 11.8. The van der Waals surface area contributed by atoms with Gasteiger partial charge in [-0.2, -0.15) is 21.6 Å². The number of fused-ring (bicyclic) bond motifs is 1. The van der Waals surface area contributed by atoms with Gasteiger partial charge in [-0.15, -0.1) is 11.3 Å². The molecule has 5 nitrogen and oxygen atoms in total. The molecule has 2 aromatic carbocycles. The predicted molar refractivity (Wildman–Crippen MR) is 114 cm³/mol. The maximum Gasteiger partial charge on any atom is 0.516 e. The molecule has 31 heavy (non-hydrogen) atoms. The average molecular weight is 469 g/mol. The van der Waals surface area contributed by atoms with Gasteiger partial charge in [-0.3, -0.25) is 4.72 Å². The van der Waals surface area contributed by atoms with Crippen LogP contribution < -0.4 is 9.46 Å². The molecule has 1 unspecified atom stereocenters. The van der Waals surface area contributed by atoms with E-state index in [1.165, 1.54) is 12.1 Å². The number of nitrogens with zero attached hydrogens (tertiary/aromatic N) is 1. The first-order valence-electron chi connectivity index (χ1n) is 9.48. The van der Waals surface area contributed by atoms with Gasteiger partial charge in [0.25, 0.3) is 0 Å². The summed E-state index contributed by atoms with van der Waals surface area (Å²) in [7, 11) is -5.52. The van der Waals surface area contributed by atoms with E-state index in [1.807, 2.05) is 19.2 Å². The second-order valence-corrected chi connectivity index (χ2v) is 10.4. The first-order chi connectivity index (χ1) is 14.6. The highest BCUT2D eigenvalue weighted by Gasteiger charge is 2.46. The van der Waals surface area contributed by atoms with Crippen LogP contribution in [-0.2, 0) is 22.9 Å². The van der Waals surface area contributed by atoms with Crippen molar-refractivity contribution in [2.45, 2.75) is 25.3 Å². The lowest BCUT2D eigenvalue weighted by Gasteiger charge is -2.25. The zero-order chi connectivity index (χ0) is 22.2. The van der Waals surface area contributed by atoms with Crippen LogP contribution in [-0.4, -0.2) is 25.5 Å². The van der Waals surface area contributed by atoms with Gasteiger partial charge in [0, 0.05) is 29.0 Å². The normalized spacial score (nSPS) is 16.5. The highest BCUT2D eigenvalue weighted by Crippen LogP contribution is 2.37. The molecular formula is C21H19F3N2O3S2.